The fourth-order valence-electron chi connectivity index (χ4n) is 5.29. The van der Waals surface area contributed by atoms with Crippen LogP contribution in [0.3, 0.4) is 0 Å². The first kappa shape index (κ1) is 28.2. The van der Waals surface area contributed by atoms with Crippen molar-refractivity contribution in [2.45, 2.75) is 45.3 Å². The molecule has 0 amide bonds. The van der Waals surface area contributed by atoms with Gasteiger partial charge in [0.05, 0.1) is 28.1 Å². The number of fused-ring (bicyclic) bond motifs is 1. The molecule has 0 spiro atoms. The molecular formula is C30H39N7O2S. The van der Waals surface area contributed by atoms with Gasteiger partial charge in [0.15, 0.2) is 5.13 Å². The molecule has 3 aromatic heterocycles. The molecule has 2 atom stereocenters. The Kier molecular flexibility index (Phi) is 8.80. The number of aromatic nitrogens is 3. The number of hydrogen-bond acceptors (Lipinski definition) is 10. The summed E-state index contributed by atoms with van der Waals surface area (Å²) in [5, 5.41) is 19.1. The molecule has 10 heteroatoms. The van der Waals surface area contributed by atoms with E-state index in [0.29, 0.717) is 0 Å². The van der Waals surface area contributed by atoms with E-state index in [9.17, 15) is 5.11 Å². The number of hydrazine groups is 1. The van der Waals surface area contributed by atoms with E-state index in [0.717, 1.165) is 95.8 Å². The van der Waals surface area contributed by atoms with Crippen LogP contribution >= 0.6 is 11.3 Å². The Labute approximate surface area is 240 Å². The number of hydrogen-bond donors (Lipinski definition) is 2. The van der Waals surface area contributed by atoms with Crippen molar-refractivity contribution in [1.29, 1.82) is 0 Å². The van der Waals surface area contributed by atoms with Gasteiger partial charge in [0.2, 0.25) is 0 Å². The van der Waals surface area contributed by atoms with Crippen molar-refractivity contribution in [3.8, 4) is 22.8 Å². The summed E-state index contributed by atoms with van der Waals surface area (Å²) in [4.78, 5) is 16.3. The molecule has 2 N–H and O–H groups in total. The number of pyridine rings is 2. The molecule has 40 heavy (non-hydrogen) atoms. The Bertz CT molecular complexity index is 1400. The maximum atomic E-state index is 10.3. The lowest BCUT2D eigenvalue weighted by molar-refractivity contribution is 0.0200. The standard InChI is InChI=1S/C29H35N7O2S.CH4/c1-34(2)36-15-13-35(14-16-36)28-10-7-20(19-31-28)25-17-22(11-12-30-25)38-21-8-9-24-27(18-21)39-29(33-24)32-23-5-3-4-6-26(23)37;/h7-12,17-19,23,26,37H,3-6,13-16H2,1-2H3,(H,32,33);1H4/t23-,26-;/m1./s1. The largest absolute Gasteiger partial charge is 0.457 e. The number of thiazole rings is 1. The third-order valence-corrected chi connectivity index (χ3v) is 8.50. The molecule has 1 aromatic carbocycles. The summed E-state index contributed by atoms with van der Waals surface area (Å²) in [6.45, 7) is 3.89. The zero-order chi connectivity index (χ0) is 26.8. The molecule has 1 aliphatic heterocycles. The Morgan fingerprint density at radius 3 is 2.52 bits per heavy atom. The number of aliphatic hydroxyl groups excluding tert-OH is 1. The van der Waals surface area contributed by atoms with Crippen LogP contribution in [0, 0.1) is 0 Å². The van der Waals surface area contributed by atoms with Gasteiger partial charge in [-0.3, -0.25) is 4.98 Å². The summed E-state index contributed by atoms with van der Waals surface area (Å²) < 4.78 is 7.26. The summed E-state index contributed by atoms with van der Waals surface area (Å²) in [5.41, 5.74) is 2.69. The molecule has 6 rings (SSSR count). The van der Waals surface area contributed by atoms with E-state index >= 15 is 0 Å². The van der Waals surface area contributed by atoms with Crippen LogP contribution in [0.2, 0.25) is 0 Å². The maximum Gasteiger partial charge on any atom is 0.184 e. The first-order valence-corrected chi connectivity index (χ1v) is 14.5. The smallest absolute Gasteiger partial charge is 0.184 e. The predicted octanol–water partition coefficient (Wildman–Crippen LogP) is 5.50. The van der Waals surface area contributed by atoms with Crippen molar-refractivity contribution < 1.29 is 9.84 Å². The summed E-state index contributed by atoms with van der Waals surface area (Å²) in [6, 6.07) is 14.0. The summed E-state index contributed by atoms with van der Waals surface area (Å²) >= 11 is 1.59. The van der Waals surface area contributed by atoms with Gasteiger partial charge in [0.25, 0.3) is 0 Å². The Balaban J connectivity index is 0.00000323. The molecule has 2 aliphatic rings. The lowest BCUT2D eigenvalue weighted by Crippen LogP contribution is -2.51. The van der Waals surface area contributed by atoms with E-state index in [4.69, 9.17) is 14.7 Å². The van der Waals surface area contributed by atoms with Crippen LogP contribution < -0.4 is 15.0 Å². The first-order valence-electron chi connectivity index (χ1n) is 13.6. The number of rotatable bonds is 7. The highest BCUT2D eigenvalue weighted by Crippen LogP contribution is 2.33. The quantitative estimate of drug-likeness (QED) is 0.304. The fourth-order valence-corrected chi connectivity index (χ4v) is 6.24. The molecule has 0 radical (unpaired) electrons. The predicted molar refractivity (Wildman–Crippen MR) is 163 cm³/mol. The molecule has 1 aliphatic carbocycles. The van der Waals surface area contributed by atoms with E-state index in [2.05, 4.69) is 51.4 Å². The lowest BCUT2D eigenvalue weighted by atomic mass is 9.93. The number of nitrogens with zero attached hydrogens (tertiary/aromatic N) is 6. The number of benzene rings is 1. The van der Waals surface area contributed by atoms with Gasteiger partial charge >= 0.3 is 0 Å². The highest BCUT2D eigenvalue weighted by atomic mass is 32.1. The van der Waals surface area contributed by atoms with Crippen LogP contribution in [0.4, 0.5) is 10.9 Å². The summed E-state index contributed by atoms with van der Waals surface area (Å²) in [5.74, 6) is 2.46. The maximum absolute atomic E-state index is 10.3. The van der Waals surface area contributed by atoms with Gasteiger partial charge in [0, 0.05) is 70.4 Å². The van der Waals surface area contributed by atoms with Crippen molar-refractivity contribution in [2.24, 2.45) is 0 Å². The van der Waals surface area contributed by atoms with Crippen molar-refractivity contribution in [2.75, 3.05) is 50.5 Å². The first-order chi connectivity index (χ1) is 19.0. The minimum Gasteiger partial charge on any atom is -0.457 e. The number of piperazine rings is 1. The third-order valence-electron chi connectivity index (χ3n) is 7.55. The summed E-state index contributed by atoms with van der Waals surface area (Å²) in [7, 11) is 4.17. The second-order valence-corrected chi connectivity index (χ2v) is 11.5. The number of anilines is 2. The van der Waals surface area contributed by atoms with Crippen LogP contribution in [0.15, 0.2) is 54.9 Å². The second-order valence-electron chi connectivity index (χ2n) is 10.4. The van der Waals surface area contributed by atoms with Gasteiger partial charge in [-0.05, 0) is 43.2 Å². The van der Waals surface area contributed by atoms with Crippen molar-refractivity contribution in [3.05, 3.63) is 54.9 Å². The molecule has 1 saturated heterocycles. The van der Waals surface area contributed by atoms with Crippen molar-refractivity contribution >= 4 is 32.5 Å². The van der Waals surface area contributed by atoms with Gasteiger partial charge in [0.1, 0.15) is 17.3 Å². The Hall–Kier alpha value is -3.31. The zero-order valence-electron chi connectivity index (χ0n) is 22.5. The highest BCUT2D eigenvalue weighted by Gasteiger charge is 2.24. The summed E-state index contributed by atoms with van der Waals surface area (Å²) in [6.07, 6.45) is 7.40. The average Bonchev–Trinajstić information content (AvgIpc) is 3.36. The van der Waals surface area contributed by atoms with Gasteiger partial charge in [-0.15, -0.1) is 0 Å². The second kappa shape index (κ2) is 12.5. The van der Waals surface area contributed by atoms with E-state index in [-0.39, 0.29) is 19.6 Å². The Morgan fingerprint density at radius 2 is 1.77 bits per heavy atom. The van der Waals surface area contributed by atoms with Crippen molar-refractivity contribution in [1.82, 2.24) is 25.0 Å². The minimum absolute atomic E-state index is 0. The van der Waals surface area contributed by atoms with Gasteiger partial charge < -0.3 is 20.1 Å². The zero-order valence-corrected chi connectivity index (χ0v) is 23.3. The molecule has 1 saturated carbocycles. The van der Waals surface area contributed by atoms with Crippen LogP contribution in [-0.4, -0.2) is 82.5 Å². The number of nitrogens with one attached hydrogen (secondary N) is 1. The van der Waals surface area contributed by atoms with Gasteiger partial charge in [-0.2, -0.15) is 0 Å². The van der Waals surface area contributed by atoms with E-state index in [1.807, 2.05) is 36.5 Å². The molecule has 0 unspecified atom stereocenters. The van der Waals surface area contributed by atoms with Gasteiger partial charge in [-0.1, -0.05) is 31.6 Å². The van der Waals surface area contributed by atoms with E-state index in [1.165, 1.54) is 0 Å². The number of aliphatic hydroxyl groups is 1. The SMILES string of the molecule is C.CN(C)N1CCN(c2ccc(-c3cc(Oc4ccc5nc(N[C@@H]6CCCC[C@H]6O)sc5c4)ccn3)cn2)CC1. The topological polar surface area (TPSA) is 89.9 Å². The van der Waals surface area contributed by atoms with Crippen LogP contribution in [0.25, 0.3) is 21.5 Å². The van der Waals surface area contributed by atoms with Gasteiger partial charge in [-0.25, -0.2) is 20.0 Å². The number of ether oxygens (including phenoxy) is 1. The third kappa shape index (κ3) is 6.36. The van der Waals surface area contributed by atoms with Crippen LogP contribution in [0.1, 0.15) is 33.1 Å². The minimum atomic E-state index is -0.309. The van der Waals surface area contributed by atoms with Crippen LogP contribution in [-0.2, 0) is 0 Å². The average molecular weight is 562 g/mol. The molecule has 4 aromatic rings. The molecule has 0 bridgehead atoms. The highest BCUT2D eigenvalue weighted by molar-refractivity contribution is 7.22. The molecule has 4 heterocycles. The van der Waals surface area contributed by atoms with E-state index < -0.39 is 0 Å². The molecular weight excluding hydrogens is 522 g/mol. The molecule has 9 nitrogen and oxygen atoms in total. The lowest BCUT2D eigenvalue weighted by Gasteiger charge is -2.38. The fraction of sp³-hybridized carbons (Fsp3) is 0.433. The van der Waals surface area contributed by atoms with Crippen LogP contribution in [0.5, 0.6) is 11.5 Å². The van der Waals surface area contributed by atoms with Crippen molar-refractivity contribution in [3.63, 3.8) is 0 Å². The Morgan fingerprint density at radius 1 is 0.975 bits per heavy atom. The monoisotopic (exact) mass is 561 g/mol. The molecule has 2 fully saturated rings. The molecule has 212 valence electrons. The normalized spacial score (nSPS) is 19.9. The van der Waals surface area contributed by atoms with E-state index in [1.54, 1.807) is 17.5 Å².